The second-order valence-corrected chi connectivity index (χ2v) is 4.42. The molecule has 0 amide bonds. The molecule has 0 aromatic heterocycles. The molecule has 0 aliphatic carbocycles. The van der Waals surface area contributed by atoms with Crippen LogP contribution in [0.2, 0.25) is 0 Å². The van der Waals surface area contributed by atoms with Crippen LogP contribution in [0.15, 0.2) is 63.9 Å². The average molecular weight is 227 g/mol. The summed E-state index contributed by atoms with van der Waals surface area (Å²) in [7, 11) is 0. The number of hydrogen-bond acceptors (Lipinski definition) is 2. The van der Waals surface area contributed by atoms with Crippen LogP contribution in [0.1, 0.15) is 11.1 Å². The van der Waals surface area contributed by atoms with E-state index in [9.17, 15) is 0 Å². The van der Waals surface area contributed by atoms with Gasteiger partial charge in [0, 0.05) is 23.1 Å². The van der Waals surface area contributed by atoms with Gasteiger partial charge in [0.15, 0.2) is 0 Å². The molecule has 2 aromatic carbocycles. The molecule has 2 aromatic rings. The Morgan fingerprint density at radius 1 is 1.00 bits per heavy atom. The molecule has 0 aliphatic rings. The Kier molecular flexibility index (Phi) is 3.78. The minimum Gasteiger partial charge on any atom is -0.219 e. The lowest BCUT2D eigenvalue weighted by Gasteiger charge is -1.95. The van der Waals surface area contributed by atoms with Crippen molar-refractivity contribution in [2.24, 2.45) is 4.40 Å². The van der Waals surface area contributed by atoms with Crippen molar-refractivity contribution in [3.63, 3.8) is 0 Å². The number of benzene rings is 2. The van der Waals surface area contributed by atoms with Gasteiger partial charge in [-0.3, -0.25) is 0 Å². The fraction of sp³-hybridized carbons (Fsp3) is 0.0714. The highest BCUT2D eigenvalue weighted by Gasteiger charge is 1.90. The molecule has 0 atom stereocenters. The Labute approximate surface area is 100 Å². The highest BCUT2D eigenvalue weighted by Crippen LogP contribution is 2.17. The lowest BCUT2D eigenvalue weighted by atomic mass is 10.2. The molecule has 0 fully saturated rings. The van der Waals surface area contributed by atoms with Crippen molar-refractivity contribution >= 4 is 18.2 Å². The summed E-state index contributed by atoms with van der Waals surface area (Å²) in [6.45, 7) is 2.08. The van der Waals surface area contributed by atoms with Crippen molar-refractivity contribution in [2.75, 3.05) is 0 Å². The third-order valence-corrected chi connectivity index (χ3v) is 2.84. The van der Waals surface area contributed by atoms with E-state index in [-0.39, 0.29) is 0 Å². The topological polar surface area (TPSA) is 12.4 Å². The lowest BCUT2D eigenvalue weighted by molar-refractivity contribution is 1.45. The monoisotopic (exact) mass is 227 g/mol. The van der Waals surface area contributed by atoms with Crippen molar-refractivity contribution in [2.45, 2.75) is 11.8 Å². The average Bonchev–Trinajstić information content (AvgIpc) is 2.30. The molecular formula is C14H13NS. The Hall–Kier alpha value is -1.54. The third-order valence-electron chi connectivity index (χ3n) is 2.15. The fourth-order valence-electron chi connectivity index (χ4n) is 1.38. The molecule has 0 saturated carbocycles. The summed E-state index contributed by atoms with van der Waals surface area (Å²) in [6.07, 6.45) is 1.89. The summed E-state index contributed by atoms with van der Waals surface area (Å²) in [5.41, 5.74) is 2.40. The minimum atomic E-state index is 1.14. The van der Waals surface area contributed by atoms with Gasteiger partial charge in [-0.25, -0.2) is 4.40 Å². The highest BCUT2D eigenvalue weighted by atomic mass is 32.2. The third kappa shape index (κ3) is 3.24. The summed E-state index contributed by atoms with van der Waals surface area (Å²) in [5.74, 6) is 0. The molecule has 1 nitrogen and oxygen atoms in total. The van der Waals surface area contributed by atoms with E-state index in [0.717, 1.165) is 10.5 Å². The van der Waals surface area contributed by atoms with Crippen LogP contribution in [0.4, 0.5) is 0 Å². The van der Waals surface area contributed by atoms with Crippen molar-refractivity contribution in [3.05, 3.63) is 65.7 Å². The van der Waals surface area contributed by atoms with E-state index in [1.807, 2.05) is 30.5 Å². The van der Waals surface area contributed by atoms with E-state index in [0.29, 0.717) is 0 Å². The zero-order chi connectivity index (χ0) is 11.2. The molecule has 16 heavy (non-hydrogen) atoms. The molecule has 2 heteroatoms. The summed E-state index contributed by atoms with van der Waals surface area (Å²) < 4.78 is 4.34. The van der Waals surface area contributed by atoms with E-state index in [2.05, 4.69) is 41.7 Å². The number of nitrogens with zero attached hydrogens (tertiary/aromatic N) is 1. The van der Waals surface area contributed by atoms with Crippen LogP contribution in [0.3, 0.4) is 0 Å². The number of aryl methyl sites for hydroxylation is 1. The number of hydrogen-bond donors (Lipinski definition) is 0. The van der Waals surface area contributed by atoms with Crippen LogP contribution in [-0.2, 0) is 0 Å². The van der Waals surface area contributed by atoms with Crippen LogP contribution in [0.25, 0.3) is 0 Å². The Bertz CT molecular complexity index is 477. The van der Waals surface area contributed by atoms with Gasteiger partial charge in [-0.1, -0.05) is 48.0 Å². The molecule has 0 saturated heterocycles. The standard InChI is InChI=1S/C14H13NS/c1-12-6-5-7-13(10-12)11-15-16-14-8-3-2-4-9-14/h2-11H,1H3/b15-11+. The molecule has 0 N–H and O–H groups in total. The second-order valence-electron chi connectivity index (χ2n) is 3.55. The lowest BCUT2D eigenvalue weighted by Crippen LogP contribution is -1.80. The normalized spacial score (nSPS) is 10.8. The van der Waals surface area contributed by atoms with Gasteiger partial charge < -0.3 is 0 Å². The summed E-state index contributed by atoms with van der Waals surface area (Å²) >= 11 is 1.49. The van der Waals surface area contributed by atoms with Gasteiger partial charge in [0.1, 0.15) is 0 Å². The first-order valence-corrected chi connectivity index (χ1v) is 5.94. The maximum atomic E-state index is 4.34. The Morgan fingerprint density at radius 2 is 1.81 bits per heavy atom. The molecule has 0 spiro atoms. The van der Waals surface area contributed by atoms with E-state index in [4.69, 9.17) is 0 Å². The van der Waals surface area contributed by atoms with Crippen molar-refractivity contribution in [1.82, 2.24) is 0 Å². The largest absolute Gasteiger partial charge is 0.219 e. The van der Waals surface area contributed by atoms with Crippen LogP contribution in [-0.4, -0.2) is 6.21 Å². The maximum Gasteiger partial charge on any atom is 0.0428 e. The predicted octanol–water partition coefficient (Wildman–Crippen LogP) is 4.12. The second kappa shape index (κ2) is 5.52. The van der Waals surface area contributed by atoms with Gasteiger partial charge in [0.05, 0.1) is 0 Å². The van der Waals surface area contributed by atoms with Gasteiger partial charge in [-0.05, 0) is 24.6 Å². The van der Waals surface area contributed by atoms with E-state index >= 15 is 0 Å². The summed E-state index contributed by atoms with van der Waals surface area (Å²) in [4.78, 5) is 1.16. The van der Waals surface area contributed by atoms with Crippen LogP contribution in [0, 0.1) is 6.92 Å². The summed E-state index contributed by atoms with van der Waals surface area (Å²) in [6, 6.07) is 18.5. The SMILES string of the molecule is Cc1cccc(/C=N/Sc2ccccc2)c1. The first-order valence-electron chi connectivity index (χ1n) is 5.17. The van der Waals surface area contributed by atoms with Crippen LogP contribution < -0.4 is 0 Å². The predicted molar refractivity (Wildman–Crippen MR) is 71.1 cm³/mol. The van der Waals surface area contributed by atoms with Crippen molar-refractivity contribution < 1.29 is 0 Å². The Morgan fingerprint density at radius 3 is 2.56 bits per heavy atom. The van der Waals surface area contributed by atoms with Crippen molar-refractivity contribution in [1.29, 1.82) is 0 Å². The van der Waals surface area contributed by atoms with E-state index in [1.54, 1.807) is 0 Å². The highest BCUT2D eigenvalue weighted by molar-refractivity contribution is 7.98. The van der Waals surface area contributed by atoms with Crippen molar-refractivity contribution in [3.8, 4) is 0 Å². The first kappa shape index (κ1) is 11.0. The van der Waals surface area contributed by atoms with E-state index in [1.165, 1.54) is 17.5 Å². The maximum absolute atomic E-state index is 4.34. The van der Waals surface area contributed by atoms with Gasteiger partial charge in [-0.15, -0.1) is 0 Å². The molecule has 2 rings (SSSR count). The molecule has 0 aliphatic heterocycles. The Balaban J connectivity index is 2.00. The minimum absolute atomic E-state index is 1.14. The van der Waals surface area contributed by atoms with Gasteiger partial charge in [0.2, 0.25) is 0 Å². The molecule has 0 radical (unpaired) electrons. The van der Waals surface area contributed by atoms with Gasteiger partial charge >= 0.3 is 0 Å². The molecular weight excluding hydrogens is 214 g/mol. The smallest absolute Gasteiger partial charge is 0.0428 e. The first-order chi connectivity index (χ1) is 7.84. The molecule has 0 heterocycles. The molecule has 80 valence electrons. The van der Waals surface area contributed by atoms with Gasteiger partial charge in [0.25, 0.3) is 0 Å². The quantitative estimate of drug-likeness (QED) is 0.567. The van der Waals surface area contributed by atoms with Gasteiger partial charge in [-0.2, -0.15) is 0 Å². The van der Waals surface area contributed by atoms with E-state index < -0.39 is 0 Å². The van der Waals surface area contributed by atoms with Crippen LogP contribution >= 0.6 is 11.9 Å². The molecule has 0 bridgehead atoms. The number of rotatable bonds is 3. The molecule has 0 unspecified atom stereocenters. The summed E-state index contributed by atoms with van der Waals surface area (Å²) in [5, 5.41) is 0. The zero-order valence-corrected chi connectivity index (χ0v) is 9.95. The zero-order valence-electron chi connectivity index (χ0n) is 9.13. The fourth-order valence-corrected chi connectivity index (χ4v) is 1.95. The van der Waals surface area contributed by atoms with Crippen LogP contribution in [0.5, 0.6) is 0 Å².